The van der Waals surface area contributed by atoms with Gasteiger partial charge in [0.05, 0.1) is 11.8 Å². The lowest BCUT2D eigenvalue weighted by Crippen LogP contribution is -2.74. The number of H-pyrrole nitrogens is 1. The van der Waals surface area contributed by atoms with Crippen molar-refractivity contribution in [3.8, 4) is 0 Å². The number of nitrogens with zero attached hydrogens (tertiary/aromatic N) is 1. The van der Waals surface area contributed by atoms with Crippen molar-refractivity contribution in [2.75, 3.05) is 0 Å². The minimum Gasteiger partial charge on any atom is -0.393 e. The minimum absolute atomic E-state index is 0.130. The van der Waals surface area contributed by atoms with Crippen molar-refractivity contribution in [2.45, 2.75) is 63.3 Å². The first-order valence-corrected chi connectivity index (χ1v) is 13.6. The zero-order chi connectivity index (χ0) is 24.7. The largest absolute Gasteiger partial charge is 0.393 e. The Hall–Kier alpha value is -2.78. The van der Waals surface area contributed by atoms with Crippen LogP contribution < -0.4 is 21.6 Å². The Labute approximate surface area is 199 Å². The van der Waals surface area contributed by atoms with Gasteiger partial charge >= 0.3 is 5.69 Å². The number of aryl methyl sites for hydroxylation is 1. The molecule has 0 spiro atoms. The summed E-state index contributed by atoms with van der Waals surface area (Å²) in [5, 5.41) is 24.9. The predicted octanol–water partition coefficient (Wildman–Crippen LogP) is 1.46. The maximum atomic E-state index is 12.5. The molecule has 0 radical (unpaired) electrons. The van der Waals surface area contributed by atoms with E-state index in [-0.39, 0.29) is 11.5 Å². The van der Waals surface area contributed by atoms with E-state index in [2.05, 4.69) is 25.8 Å². The van der Waals surface area contributed by atoms with E-state index in [1.165, 1.54) is 10.8 Å². The summed E-state index contributed by atoms with van der Waals surface area (Å²) in [6.45, 7) is 7.97. The van der Waals surface area contributed by atoms with Crippen LogP contribution >= 0.6 is 0 Å². The number of benzene rings is 2. The fourth-order valence-electron chi connectivity index (χ4n) is 5.40. The zero-order valence-electron chi connectivity index (χ0n) is 19.9. The number of rotatable bonds is 5. The van der Waals surface area contributed by atoms with Gasteiger partial charge in [0, 0.05) is 18.2 Å². The summed E-state index contributed by atoms with van der Waals surface area (Å²) in [7, 11) is -3.00. The third-order valence-corrected chi connectivity index (χ3v) is 13.1. The second-order valence-electron chi connectivity index (χ2n) is 10.1. The Kier molecular flexibility index (Phi) is 6.52. The number of hydrogen-bond acceptors (Lipinski definition) is 5. The van der Waals surface area contributed by atoms with Crippen LogP contribution in [0.25, 0.3) is 0 Å². The molecule has 1 aromatic heterocycles. The maximum Gasteiger partial charge on any atom is 0.330 e. The molecule has 1 unspecified atom stereocenters. The summed E-state index contributed by atoms with van der Waals surface area (Å²) in [5.41, 5.74) is -1.69. The number of ether oxygens (including phenoxy) is 1. The van der Waals surface area contributed by atoms with Gasteiger partial charge in [0.25, 0.3) is 5.56 Å². The molecule has 2 aromatic carbocycles. The molecule has 0 saturated carbocycles. The van der Waals surface area contributed by atoms with Gasteiger partial charge in [0.15, 0.2) is 8.07 Å². The lowest BCUT2D eigenvalue weighted by atomic mass is 10.2. The first-order chi connectivity index (χ1) is 16.1. The fraction of sp³-hybridized carbons (Fsp3) is 0.385. The molecule has 1 saturated heterocycles. The van der Waals surface area contributed by atoms with Gasteiger partial charge in [0.2, 0.25) is 0 Å². The molecule has 1 aliphatic heterocycles. The first-order valence-electron chi connectivity index (χ1n) is 11.5. The average Bonchev–Trinajstić information content (AvgIpc) is 3.18. The van der Waals surface area contributed by atoms with Crippen molar-refractivity contribution in [1.82, 2.24) is 9.55 Å². The van der Waals surface area contributed by atoms with Crippen molar-refractivity contribution in [3.63, 3.8) is 0 Å². The van der Waals surface area contributed by atoms with Crippen LogP contribution in [0.5, 0.6) is 0 Å². The third-order valence-electron chi connectivity index (χ3n) is 6.99. The summed E-state index contributed by atoms with van der Waals surface area (Å²) < 4.78 is 7.51. The summed E-state index contributed by atoms with van der Waals surface area (Å²) in [6.07, 6.45) is -1.12. The van der Waals surface area contributed by atoms with Crippen LogP contribution in [0.2, 0.25) is 5.04 Å². The van der Waals surface area contributed by atoms with Crippen molar-refractivity contribution in [2.24, 2.45) is 0 Å². The second-order valence-corrected chi connectivity index (χ2v) is 14.9. The Morgan fingerprint density at radius 1 is 1.03 bits per heavy atom. The van der Waals surface area contributed by atoms with Gasteiger partial charge in [-0.3, -0.25) is 14.3 Å². The number of aromatic amines is 1. The molecular formula is C26H32N2O5Si. The van der Waals surface area contributed by atoms with Crippen molar-refractivity contribution in [1.29, 1.82) is 0 Å². The van der Waals surface area contributed by atoms with E-state index in [0.29, 0.717) is 5.56 Å². The summed E-state index contributed by atoms with van der Waals surface area (Å²) in [4.78, 5) is 26.5. The molecule has 2 heterocycles. The van der Waals surface area contributed by atoms with Gasteiger partial charge in [-0.15, -0.1) is 0 Å². The van der Waals surface area contributed by atoms with Crippen LogP contribution in [-0.4, -0.2) is 45.8 Å². The molecule has 7 nitrogen and oxygen atoms in total. The van der Waals surface area contributed by atoms with Gasteiger partial charge in [-0.05, 0) is 12.0 Å². The molecule has 0 bridgehead atoms. The highest BCUT2D eigenvalue weighted by Crippen LogP contribution is 2.42. The van der Waals surface area contributed by atoms with E-state index in [0.717, 1.165) is 10.4 Å². The van der Waals surface area contributed by atoms with Gasteiger partial charge < -0.3 is 14.9 Å². The smallest absolute Gasteiger partial charge is 0.330 e. The Bertz CT molecular complexity index is 1210. The van der Waals surface area contributed by atoms with E-state index < -0.39 is 43.5 Å². The van der Waals surface area contributed by atoms with Gasteiger partial charge in [-0.25, -0.2) is 4.79 Å². The topological polar surface area (TPSA) is 105 Å². The molecule has 34 heavy (non-hydrogen) atoms. The molecule has 4 atom stereocenters. The Morgan fingerprint density at radius 2 is 1.56 bits per heavy atom. The molecule has 1 fully saturated rings. The molecule has 8 heteroatoms. The summed E-state index contributed by atoms with van der Waals surface area (Å²) >= 11 is 0. The monoisotopic (exact) mass is 480 g/mol. The molecule has 4 rings (SSSR count). The third kappa shape index (κ3) is 4.00. The van der Waals surface area contributed by atoms with Crippen LogP contribution in [0.1, 0.15) is 39.0 Å². The summed E-state index contributed by atoms with van der Waals surface area (Å²) in [6, 6.07) is 19.9. The van der Waals surface area contributed by atoms with Crippen LogP contribution in [0.3, 0.4) is 0 Å². The normalized spacial score (nSPS) is 22.0. The number of hydrogen-bond donors (Lipinski definition) is 3. The summed E-state index contributed by atoms with van der Waals surface area (Å²) in [5.74, 6) is 0. The fourth-order valence-corrected chi connectivity index (χ4v) is 11.3. The van der Waals surface area contributed by atoms with Crippen LogP contribution in [-0.2, 0) is 4.74 Å². The lowest BCUT2D eigenvalue weighted by Gasteiger charge is -2.48. The molecule has 0 aliphatic carbocycles. The van der Waals surface area contributed by atoms with E-state index in [9.17, 15) is 19.8 Å². The van der Waals surface area contributed by atoms with E-state index in [1.807, 2.05) is 60.7 Å². The van der Waals surface area contributed by atoms with Crippen LogP contribution in [0.15, 0.2) is 76.4 Å². The van der Waals surface area contributed by atoms with Gasteiger partial charge in [-0.1, -0.05) is 91.8 Å². The van der Waals surface area contributed by atoms with E-state index >= 15 is 0 Å². The van der Waals surface area contributed by atoms with E-state index in [4.69, 9.17) is 4.74 Å². The van der Waals surface area contributed by atoms with Crippen LogP contribution in [0, 0.1) is 6.92 Å². The molecule has 3 N–H and O–H groups in total. The quantitative estimate of drug-likeness (QED) is 0.480. The molecule has 1 aliphatic rings. The Morgan fingerprint density at radius 3 is 2.06 bits per heavy atom. The standard InChI is InChI=1S/C26H32N2O5Si/c1-17-16-28(25(32)27-23(17)30)21-15-20(29)22(33-21)24(31)34(26(2,3)4,18-11-7-5-8-12-18)19-13-9-6-10-14-19/h5-14,16,20-22,24,29,31H,15H2,1-4H3,(H,27,30,32)/t20-,21+,22-,24?/m0/s1. The van der Waals surface area contributed by atoms with Crippen molar-refractivity contribution >= 4 is 18.4 Å². The van der Waals surface area contributed by atoms with Crippen molar-refractivity contribution in [3.05, 3.63) is 93.3 Å². The highest BCUT2D eigenvalue weighted by molar-refractivity contribution is 7.05. The maximum absolute atomic E-state index is 12.5. The molecule has 3 aromatic rings. The SMILES string of the molecule is Cc1cn([C@H]2C[C@H](O)[C@@H](C(O)[Si](c3ccccc3)(c3ccccc3)C(C)(C)C)O2)c(=O)[nH]c1=O. The van der Waals surface area contributed by atoms with E-state index in [1.54, 1.807) is 6.92 Å². The van der Waals surface area contributed by atoms with Crippen LogP contribution in [0.4, 0.5) is 0 Å². The lowest BCUT2D eigenvalue weighted by molar-refractivity contribution is -0.0621. The number of aliphatic hydroxyl groups is 2. The highest BCUT2D eigenvalue weighted by Gasteiger charge is 2.58. The average molecular weight is 481 g/mol. The number of aromatic nitrogens is 2. The van der Waals surface area contributed by atoms with Gasteiger partial charge in [0.1, 0.15) is 12.3 Å². The molecule has 180 valence electrons. The molecule has 0 amide bonds. The number of nitrogens with one attached hydrogen (secondary N) is 1. The molecular weight excluding hydrogens is 448 g/mol. The highest BCUT2D eigenvalue weighted by atomic mass is 28.3. The zero-order valence-corrected chi connectivity index (χ0v) is 20.9. The predicted molar refractivity (Wildman–Crippen MR) is 134 cm³/mol. The first kappa shape index (κ1) is 24.3. The second kappa shape index (κ2) is 9.11. The van der Waals surface area contributed by atoms with Gasteiger partial charge in [-0.2, -0.15) is 0 Å². The number of aliphatic hydroxyl groups excluding tert-OH is 2. The van der Waals surface area contributed by atoms with Crippen molar-refractivity contribution < 1.29 is 14.9 Å². The minimum atomic E-state index is -3.00. The Balaban J connectivity index is 1.83.